The van der Waals surface area contributed by atoms with Crippen LogP contribution in [-0.4, -0.2) is 35.7 Å². The number of rotatable bonds is 4. The van der Waals surface area contributed by atoms with E-state index in [0.717, 1.165) is 48.3 Å². The van der Waals surface area contributed by atoms with Crippen LogP contribution in [0.5, 0.6) is 0 Å². The van der Waals surface area contributed by atoms with Crippen molar-refractivity contribution in [1.29, 1.82) is 0 Å². The molecule has 3 saturated carbocycles. The van der Waals surface area contributed by atoms with Gasteiger partial charge in [-0.15, -0.1) is 0 Å². The summed E-state index contributed by atoms with van der Waals surface area (Å²) in [6.45, 7) is 11.7. The molecule has 1 aliphatic heterocycles. The van der Waals surface area contributed by atoms with Gasteiger partial charge in [0.05, 0.1) is 6.10 Å². The fraction of sp³-hybridized carbons (Fsp3) is 0.758. The number of likely N-dealkylation sites (tertiary alicyclic amines) is 1. The normalized spacial score (nSPS) is 43.1. The molecule has 1 aromatic rings. The monoisotopic (exact) mass is 475 g/mol. The largest absolute Gasteiger partial charge is 0.393 e. The number of piperidine rings is 1. The van der Waals surface area contributed by atoms with Gasteiger partial charge in [-0.25, -0.2) is 0 Å². The number of hydrogen-bond acceptors (Lipinski definition) is 2. The number of nitrogens with zero attached hydrogens (tertiary/aromatic N) is 1. The number of aliphatic hydroxyl groups excluding tert-OH is 1. The molecule has 1 aromatic carbocycles. The second-order valence-corrected chi connectivity index (χ2v) is 13.8. The first-order chi connectivity index (χ1) is 16.9. The third-order valence-corrected chi connectivity index (χ3v) is 12.2. The highest BCUT2D eigenvalue weighted by molar-refractivity contribution is 5.25. The lowest BCUT2D eigenvalue weighted by Crippen LogP contribution is -2.51. The minimum Gasteiger partial charge on any atom is -0.393 e. The Labute approximate surface area is 214 Å². The van der Waals surface area contributed by atoms with Gasteiger partial charge >= 0.3 is 0 Å². The Morgan fingerprint density at radius 1 is 0.943 bits per heavy atom. The van der Waals surface area contributed by atoms with Crippen molar-refractivity contribution in [2.24, 2.45) is 40.4 Å². The lowest BCUT2D eigenvalue weighted by Gasteiger charge is -2.58. The van der Waals surface area contributed by atoms with E-state index in [0.29, 0.717) is 10.8 Å². The lowest BCUT2D eigenvalue weighted by atomic mass is 9.47. The second kappa shape index (κ2) is 9.32. The van der Waals surface area contributed by atoms with Crippen molar-refractivity contribution in [2.75, 3.05) is 19.6 Å². The van der Waals surface area contributed by atoms with Crippen LogP contribution in [0.4, 0.5) is 0 Å². The molecule has 8 atom stereocenters. The summed E-state index contributed by atoms with van der Waals surface area (Å²) in [5.74, 6) is 5.13. The summed E-state index contributed by atoms with van der Waals surface area (Å²) in [6.07, 6.45) is 15.4. The zero-order chi connectivity index (χ0) is 24.2. The minimum absolute atomic E-state index is 0.0887. The van der Waals surface area contributed by atoms with Gasteiger partial charge in [0.1, 0.15) is 0 Å². The molecular weight excluding hydrogens is 426 g/mol. The first kappa shape index (κ1) is 24.2. The van der Waals surface area contributed by atoms with Gasteiger partial charge in [-0.1, -0.05) is 62.8 Å². The average molecular weight is 476 g/mol. The Bertz CT molecular complexity index is 916. The summed E-state index contributed by atoms with van der Waals surface area (Å²) >= 11 is 0. The van der Waals surface area contributed by atoms with E-state index in [-0.39, 0.29) is 6.10 Å². The molecule has 1 saturated heterocycles. The van der Waals surface area contributed by atoms with Gasteiger partial charge < -0.3 is 10.0 Å². The van der Waals surface area contributed by atoms with Gasteiger partial charge in [0, 0.05) is 6.54 Å². The molecule has 0 aromatic heterocycles. The molecule has 4 aliphatic carbocycles. The number of allylic oxidation sites excluding steroid dienone is 1. The summed E-state index contributed by atoms with van der Waals surface area (Å²) < 4.78 is 0. The summed E-state index contributed by atoms with van der Waals surface area (Å²) in [5, 5.41) is 10.3. The molecule has 35 heavy (non-hydrogen) atoms. The van der Waals surface area contributed by atoms with E-state index in [2.05, 4.69) is 62.1 Å². The Hall–Kier alpha value is -1.12. The summed E-state index contributed by atoms with van der Waals surface area (Å²) in [6, 6.07) is 11.2. The highest BCUT2D eigenvalue weighted by Gasteiger charge is 2.59. The summed E-state index contributed by atoms with van der Waals surface area (Å²) in [7, 11) is 0. The molecule has 3 unspecified atom stereocenters. The van der Waals surface area contributed by atoms with Gasteiger partial charge in [-0.3, -0.25) is 0 Å². The molecular formula is C33H49NO. The third kappa shape index (κ3) is 4.15. The fourth-order valence-corrected chi connectivity index (χ4v) is 10.3. The Kier molecular flexibility index (Phi) is 6.45. The Balaban J connectivity index is 1.10. The minimum atomic E-state index is -0.0887. The SMILES string of the molecule is C[C@H](CN1CCC(c2ccccc2)CC1)[C@H]1CCC2C3CC=C4C[C@@H](O)CC[C@]4(C)C3CC[C@@]21C. The van der Waals surface area contributed by atoms with Crippen LogP contribution in [0, 0.1) is 40.4 Å². The van der Waals surface area contributed by atoms with Gasteiger partial charge in [0.15, 0.2) is 0 Å². The molecule has 2 nitrogen and oxygen atoms in total. The Morgan fingerprint density at radius 2 is 1.71 bits per heavy atom. The highest BCUT2D eigenvalue weighted by atomic mass is 16.3. The molecule has 0 spiro atoms. The predicted molar refractivity (Wildman–Crippen MR) is 145 cm³/mol. The van der Waals surface area contributed by atoms with Gasteiger partial charge in [-0.2, -0.15) is 0 Å². The molecule has 2 heteroatoms. The quantitative estimate of drug-likeness (QED) is 0.457. The standard InChI is InChI=1S/C33H49NO/c1-23(22-34-19-15-25(16-20-34)24-7-5-4-6-8-24)29-11-12-30-28-10-9-26-21-27(35)13-17-32(26,2)31(28)14-18-33(29,30)3/h4-9,23,25,27-31,35H,10-22H2,1-3H3/t23-,27+,28?,29-,30?,31?,32+,33-/m1/s1. The molecule has 1 heterocycles. The van der Waals surface area contributed by atoms with E-state index in [9.17, 15) is 5.11 Å². The van der Waals surface area contributed by atoms with E-state index in [1.165, 1.54) is 71.0 Å². The fourth-order valence-electron chi connectivity index (χ4n) is 10.3. The number of aliphatic hydroxyl groups is 1. The van der Waals surface area contributed by atoms with Crippen LogP contribution in [0.2, 0.25) is 0 Å². The maximum absolute atomic E-state index is 10.3. The van der Waals surface area contributed by atoms with Crippen molar-refractivity contribution in [2.45, 2.75) is 97.0 Å². The van der Waals surface area contributed by atoms with Crippen LogP contribution in [0.3, 0.4) is 0 Å². The van der Waals surface area contributed by atoms with Crippen LogP contribution in [0.15, 0.2) is 42.0 Å². The van der Waals surface area contributed by atoms with E-state index in [1.54, 1.807) is 11.1 Å². The lowest BCUT2D eigenvalue weighted by molar-refractivity contribution is -0.0588. The van der Waals surface area contributed by atoms with Crippen LogP contribution >= 0.6 is 0 Å². The van der Waals surface area contributed by atoms with Gasteiger partial charge in [-0.05, 0) is 129 Å². The van der Waals surface area contributed by atoms with Gasteiger partial charge in [0.2, 0.25) is 0 Å². The van der Waals surface area contributed by atoms with Crippen molar-refractivity contribution < 1.29 is 5.11 Å². The van der Waals surface area contributed by atoms with Crippen molar-refractivity contribution in [3.63, 3.8) is 0 Å². The summed E-state index contributed by atoms with van der Waals surface area (Å²) in [4.78, 5) is 2.80. The zero-order valence-corrected chi connectivity index (χ0v) is 22.6. The summed E-state index contributed by atoms with van der Waals surface area (Å²) in [5.41, 5.74) is 4.08. The molecule has 4 fully saturated rings. The van der Waals surface area contributed by atoms with Crippen LogP contribution < -0.4 is 0 Å². The molecule has 1 N–H and O–H groups in total. The van der Waals surface area contributed by atoms with Gasteiger partial charge in [0.25, 0.3) is 0 Å². The third-order valence-electron chi connectivity index (χ3n) is 12.2. The molecule has 6 rings (SSSR count). The van der Waals surface area contributed by atoms with E-state index < -0.39 is 0 Å². The van der Waals surface area contributed by atoms with Crippen molar-refractivity contribution in [1.82, 2.24) is 4.90 Å². The number of benzene rings is 1. The number of fused-ring (bicyclic) bond motifs is 5. The van der Waals surface area contributed by atoms with Crippen LogP contribution in [-0.2, 0) is 0 Å². The van der Waals surface area contributed by atoms with Crippen molar-refractivity contribution in [3.05, 3.63) is 47.5 Å². The predicted octanol–water partition coefficient (Wildman–Crippen LogP) is 7.44. The molecule has 0 radical (unpaired) electrons. The first-order valence-electron chi connectivity index (χ1n) is 15.0. The second-order valence-electron chi connectivity index (χ2n) is 13.8. The van der Waals surface area contributed by atoms with Crippen molar-refractivity contribution >= 4 is 0 Å². The molecule has 0 bridgehead atoms. The first-order valence-corrected chi connectivity index (χ1v) is 15.0. The zero-order valence-electron chi connectivity index (χ0n) is 22.6. The van der Waals surface area contributed by atoms with E-state index in [4.69, 9.17) is 0 Å². The maximum atomic E-state index is 10.3. The topological polar surface area (TPSA) is 23.5 Å². The molecule has 0 amide bonds. The van der Waals surface area contributed by atoms with E-state index in [1.807, 2.05) is 0 Å². The highest BCUT2D eigenvalue weighted by Crippen LogP contribution is 2.67. The molecule has 192 valence electrons. The van der Waals surface area contributed by atoms with E-state index >= 15 is 0 Å². The average Bonchev–Trinajstić information content (AvgIpc) is 3.23. The Morgan fingerprint density at radius 3 is 2.49 bits per heavy atom. The molecule has 5 aliphatic rings. The van der Waals surface area contributed by atoms with Crippen LogP contribution in [0.1, 0.15) is 96.5 Å². The number of hydrogen-bond donors (Lipinski definition) is 1. The smallest absolute Gasteiger partial charge is 0.0577 e. The maximum Gasteiger partial charge on any atom is 0.0577 e. The van der Waals surface area contributed by atoms with Crippen LogP contribution in [0.25, 0.3) is 0 Å². The van der Waals surface area contributed by atoms with Crippen molar-refractivity contribution in [3.8, 4) is 0 Å².